The summed E-state index contributed by atoms with van der Waals surface area (Å²) in [5.41, 5.74) is 1.22. The maximum absolute atomic E-state index is 5.35. The molecule has 5 nitrogen and oxygen atoms in total. The summed E-state index contributed by atoms with van der Waals surface area (Å²) in [4.78, 5) is 4.39. The predicted octanol–water partition coefficient (Wildman–Crippen LogP) is 2.67. The second-order valence-electron chi connectivity index (χ2n) is 4.72. The van der Waals surface area contributed by atoms with E-state index < -0.39 is 0 Å². The molecule has 0 amide bonds. The van der Waals surface area contributed by atoms with Gasteiger partial charge in [0.25, 0.3) is 0 Å². The number of likely N-dealkylation sites (N-methyl/N-ethyl adjacent to an activating group) is 1. The number of hydrogen-bond acceptors (Lipinski definition) is 5. The first-order valence-corrected chi connectivity index (χ1v) is 6.86. The minimum Gasteiger partial charge on any atom is -0.377 e. The summed E-state index contributed by atoms with van der Waals surface area (Å²) in [7, 11) is 1.62. The molecule has 2 rings (SSSR count). The Morgan fingerprint density at radius 1 is 1.30 bits per heavy atom. The third kappa shape index (κ3) is 3.43. The van der Waals surface area contributed by atoms with Gasteiger partial charge in [-0.2, -0.15) is 4.98 Å². The van der Waals surface area contributed by atoms with Gasteiger partial charge in [-0.1, -0.05) is 49.3 Å². The van der Waals surface area contributed by atoms with Crippen molar-refractivity contribution in [2.75, 3.05) is 13.7 Å². The standard InChI is InChI=1S/C15H21N3O2/c1-4-16-14(12-8-6-5-7-9-12)11(2)15-17-13(10-19-3)18-20-15/h5-9,11,14,16H,4,10H2,1-3H3. The molecule has 2 atom stereocenters. The zero-order valence-corrected chi connectivity index (χ0v) is 12.2. The second-order valence-corrected chi connectivity index (χ2v) is 4.72. The van der Waals surface area contributed by atoms with Crippen LogP contribution in [0, 0.1) is 0 Å². The average molecular weight is 275 g/mol. The first-order valence-electron chi connectivity index (χ1n) is 6.86. The SMILES string of the molecule is CCNC(c1ccccc1)C(C)c1nc(COC)no1. The maximum Gasteiger partial charge on any atom is 0.231 e. The molecule has 0 aliphatic heterocycles. The molecule has 0 saturated carbocycles. The van der Waals surface area contributed by atoms with E-state index in [0.717, 1.165) is 6.54 Å². The summed E-state index contributed by atoms with van der Waals surface area (Å²) < 4.78 is 10.4. The molecule has 1 aromatic heterocycles. The van der Waals surface area contributed by atoms with Gasteiger partial charge < -0.3 is 14.6 Å². The van der Waals surface area contributed by atoms with Crippen molar-refractivity contribution in [2.24, 2.45) is 0 Å². The molecule has 0 saturated heterocycles. The van der Waals surface area contributed by atoms with Crippen molar-refractivity contribution in [3.05, 3.63) is 47.6 Å². The van der Waals surface area contributed by atoms with Crippen LogP contribution in [0.25, 0.3) is 0 Å². The normalized spacial score (nSPS) is 14.2. The summed E-state index contributed by atoms with van der Waals surface area (Å²) in [6.07, 6.45) is 0. The van der Waals surface area contributed by atoms with E-state index in [2.05, 4.69) is 41.4 Å². The highest BCUT2D eigenvalue weighted by atomic mass is 16.5. The highest BCUT2D eigenvalue weighted by molar-refractivity contribution is 5.22. The lowest BCUT2D eigenvalue weighted by molar-refractivity contribution is 0.174. The molecule has 0 radical (unpaired) electrons. The van der Waals surface area contributed by atoms with Gasteiger partial charge in [0.05, 0.1) is 5.92 Å². The number of rotatable bonds is 7. The summed E-state index contributed by atoms with van der Waals surface area (Å²) in [6, 6.07) is 10.5. The van der Waals surface area contributed by atoms with Crippen LogP contribution in [-0.2, 0) is 11.3 Å². The van der Waals surface area contributed by atoms with E-state index >= 15 is 0 Å². The zero-order chi connectivity index (χ0) is 14.4. The van der Waals surface area contributed by atoms with E-state index in [1.807, 2.05) is 18.2 Å². The van der Waals surface area contributed by atoms with E-state index in [-0.39, 0.29) is 12.0 Å². The molecule has 1 heterocycles. The van der Waals surface area contributed by atoms with E-state index in [1.54, 1.807) is 7.11 Å². The minimum atomic E-state index is 0.0930. The Hall–Kier alpha value is -1.72. The predicted molar refractivity (Wildman–Crippen MR) is 76.3 cm³/mol. The second kappa shape index (κ2) is 7.17. The average Bonchev–Trinajstić information content (AvgIpc) is 2.94. The van der Waals surface area contributed by atoms with E-state index in [1.165, 1.54) is 5.56 Å². The fourth-order valence-corrected chi connectivity index (χ4v) is 2.25. The Bertz CT molecular complexity index is 513. The smallest absolute Gasteiger partial charge is 0.231 e. The highest BCUT2D eigenvalue weighted by Crippen LogP contribution is 2.29. The van der Waals surface area contributed by atoms with Crippen LogP contribution in [0.4, 0.5) is 0 Å². The molecule has 108 valence electrons. The van der Waals surface area contributed by atoms with Crippen LogP contribution in [-0.4, -0.2) is 23.8 Å². The Kier molecular flexibility index (Phi) is 5.26. The van der Waals surface area contributed by atoms with Crippen LogP contribution >= 0.6 is 0 Å². The third-order valence-electron chi connectivity index (χ3n) is 3.23. The lowest BCUT2D eigenvalue weighted by Crippen LogP contribution is -2.26. The summed E-state index contributed by atoms with van der Waals surface area (Å²) in [5.74, 6) is 1.31. The van der Waals surface area contributed by atoms with E-state index in [9.17, 15) is 0 Å². The molecule has 0 spiro atoms. The molecule has 1 N–H and O–H groups in total. The third-order valence-corrected chi connectivity index (χ3v) is 3.23. The van der Waals surface area contributed by atoms with Crippen LogP contribution in [0.1, 0.15) is 43.1 Å². The Morgan fingerprint density at radius 2 is 2.05 bits per heavy atom. The number of methoxy groups -OCH3 is 1. The monoisotopic (exact) mass is 275 g/mol. The maximum atomic E-state index is 5.35. The molecule has 0 aliphatic carbocycles. The largest absolute Gasteiger partial charge is 0.377 e. The molecule has 2 aromatic rings. The van der Waals surface area contributed by atoms with Gasteiger partial charge in [-0.3, -0.25) is 0 Å². The van der Waals surface area contributed by atoms with Crippen LogP contribution in [0.5, 0.6) is 0 Å². The molecular weight excluding hydrogens is 254 g/mol. The van der Waals surface area contributed by atoms with Crippen LogP contribution in [0.2, 0.25) is 0 Å². The molecule has 2 unspecified atom stereocenters. The topological polar surface area (TPSA) is 60.2 Å². The Balaban J connectivity index is 2.19. The molecule has 0 bridgehead atoms. The van der Waals surface area contributed by atoms with Gasteiger partial charge in [-0.05, 0) is 12.1 Å². The van der Waals surface area contributed by atoms with Crippen molar-refractivity contribution in [3.8, 4) is 0 Å². The van der Waals surface area contributed by atoms with Crippen LogP contribution in [0.15, 0.2) is 34.9 Å². The van der Waals surface area contributed by atoms with E-state index in [4.69, 9.17) is 9.26 Å². The van der Waals surface area contributed by atoms with Gasteiger partial charge in [-0.15, -0.1) is 0 Å². The number of nitrogens with one attached hydrogen (secondary N) is 1. The number of nitrogens with zero attached hydrogens (tertiary/aromatic N) is 2. The molecule has 0 fully saturated rings. The minimum absolute atomic E-state index is 0.0930. The van der Waals surface area contributed by atoms with Crippen LogP contribution < -0.4 is 5.32 Å². The van der Waals surface area contributed by atoms with Gasteiger partial charge in [0.15, 0.2) is 5.82 Å². The van der Waals surface area contributed by atoms with Crippen molar-refractivity contribution >= 4 is 0 Å². The van der Waals surface area contributed by atoms with Gasteiger partial charge in [0, 0.05) is 13.2 Å². The summed E-state index contributed by atoms with van der Waals surface area (Å²) in [6.45, 7) is 5.42. The number of hydrogen-bond donors (Lipinski definition) is 1. The van der Waals surface area contributed by atoms with Gasteiger partial charge in [-0.25, -0.2) is 0 Å². The summed E-state index contributed by atoms with van der Waals surface area (Å²) >= 11 is 0. The Labute approximate surface area is 119 Å². The summed E-state index contributed by atoms with van der Waals surface area (Å²) in [5, 5.41) is 7.40. The van der Waals surface area contributed by atoms with Gasteiger partial charge in [0.1, 0.15) is 6.61 Å². The first kappa shape index (κ1) is 14.7. The molecule has 0 aliphatic rings. The lowest BCUT2D eigenvalue weighted by Gasteiger charge is -2.22. The Morgan fingerprint density at radius 3 is 2.70 bits per heavy atom. The molecule has 1 aromatic carbocycles. The highest BCUT2D eigenvalue weighted by Gasteiger charge is 2.24. The van der Waals surface area contributed by atoms with Gasteiger partial charge in [0.2, 0.25) is 5.89 Å². The lowest BCUT2D eigenvalue weighted by atomic mass is 9.94. The fraction of sp³-hybridized carbons (Fsp3) is 0.467. The van der Waals surface area contributed by atoms with E-state index in [0.29, 0.717) is 18.3 Å². The zero-order valence-electron chi connectivity index (χ0n) is 12.2. The van der Waals surface area contributed by atoms with Crippen molar-refractivity contribution < 1.29 is 9.26 Å². The number of aromatic nitrogens is 2. The van der Waals surface area contributed by atoms with Gasteiger partial charge >= 0.3 is 0 Å². The number of ether oxygens (including phenoxy) is 1. The van der Waals surface area contributed by atoms with Crippen molar-refractivity contribution in [1.82, 2.24) is 15.5 Å². The fourth-order valence-electron chi connectivity index (χ4n) is 2.25. The first-order chi connectivity index (χ1) is 9.76. The molecule has 20 heavy (non-hydrogen) atoms. The van der Waals surface area contributed by atoms with Crippen molar-refractivity contribution in [3.63, 3.8) is 0 Å². The molecule has 5 heteroatoms. The van der Waals surface area contributed by atoms with Crippen molar-refractivity contribution in [1.29, 1.82) is 0 Å². The van der Waals surface area contributed by atoms with Crippen molar-refractivity contribution in [2.45, 2.75) is 32.4 Å². The van der Waals surface area contributed by atoms with Crippen LogP contribution in [0.3, 0.4) is 0 Å². The quantitative estimate of drug-likeness (QED) is 0.841. The number of benzene rings is 1. The molecular formula is C15H21N3O2.